The standard InChI is InChI=1S/C13H12BrClN2OS/c1-2-10-3-8(4-12(15)17-10)13(18)16-6-11-5-9(14)7-19-11/h3-5,7H,2,6H2,1H3,(H,16,18). The summed E-state index contributed by atoms with van der Waals surface area (Å²) in [6, 6.07) is 5.34. The first kappa shape index (κ1) is 14.5. The highest BCUT2D eigenvalue weighted by Crippen LogP contribution is 2.19. The molecule has 0 aliphatic heterocycles. The van der Waals surface area contributed by atoms with E-state index in [1.807, 2.05) is 18.4 Å². The maximum Gasteiger partial charge on any atom is 0.251 e. The van der Waals surface area contributed by atoms with E-state index < -0.39 is 0 Å². The molecule has 1 amide bonds. The Morgan fingerprint density at radius 2 is 2.26 bits per heavy atom. The summed E-state index contributed by atoms with van der Waals surface area (Å²) in [6.07, 6.45) is 0.749. The van der Waals surface area contributed by atoms with Crippen LogP contribution in [0.4, 0.5) is 0 Å². The highest BCUT2D eigenvalue weighted by Gasteiger charge is 2.09. The number of hydrogen-bond donors (Lipinski definition) is 1. The molecular weight excluding hydrogens is 348 g/mol. The van der Waals surface area contributed by atoms with Crippen LogP contribution in [-0.4, -0.2) is 10.9 Å². The van der Waals surface area contributed by atoms with Crippen LogP contribution in [0.1, 0.15) is 27.9 Å². The number of thiophene rings is 1. The predicted octanol–water partition coefficient (Wildman–Crippen LogP) is 4.05. The Labute approximate surface area is 129 Å². The van der Waals surface area contributed by atoms with E-state index in [0.29, 0.717) is 17.3 Å². The number of rotatable bonds is 4. The van der Waals surface area contributed by atoms with Crippen LogP contribution in [0.2, 0.25) is 5.15 Å². The Morgan fingerprint density at radius 3 is 2.89 bits per heavy atom. The molecule has 0 saturated carbocycles. The molecule has 6 heteroatoms. The number of carbonyl (C=O) groups excluding carboxylic acids is 1. The Balaban J connectivity index is 2.05. The third kappa shape index (κ3) is 4.03. The SMILES string of the molecule is CCc1cc(C(=O)NCc2cc(Br)cs2)cc(Cl)n1. The van der Waals surface area contributed by atoms with Gasteiger partial charge in [0.25, 0.3) is 5.91 Å². The monoisotopic (exact) mass is 358 g/mol. The van der Waals surface area contributed by atoms with Crippen molar-refractivity contribution in [1.82, 2.24) is 10.3 Å². The van der Waals surface area contributed by atoms with Crippen molar-refractivity contribution in [2.45, 2.75) is 19.9 Å². The number of nitrogens with zero attached hydrogens (tertiary/aromatic N) is 1. The van der Waals surface area contributed by atoms with Gasteiger partial charge in [0.2, 0.25) is 0 Å². The molecule has 19 heavy (non-hydrogen) atoms. The van der Waals surface area contributed by atoms with Gasteiger partial charge in [-0.2, -0.15) is 0 Å². The minimum atomic E-state index is -0.136. The average Bonchev–Trinajstić information content (AvgIpc) is 2.81. The van der Waals surface area contributed by atoms with E-state index in [1.165, 1.54) is 0 Å². The van der Waals surface area contributed by atoms with E-state index in [0.717, 1.165) is 21.5 Å². The van der Waals surface area contributed by atoms with Gasteiger partial charge in [-0.3, -0.25) is 4.79 Å². The zero-order valence-corrected chi connectivity index (χ0v) is 13.4. The van der Waals surface area contributed by atoms with Gasteiger partial charge in [-0.25, -0.2) is 4.98 Å². The van der Waals surface area contributed by atoms with Gasteiger partial charge in [-0.1, -0.05) is 18.5 Å². The van der Waals surface area contributed by atoms with Crippen LogP contribution < -0.4 is 5.32 Å². The van der Waals surface area contributed by atoms with Gasteiger partial charge in [0, 0.05) is 26.0 Å². The Kier molecular flexibility index (Phi) is 4.96. The molecule has 0 radical (unpaired) electrons. The number of pyridine rings is 1. The normalized spacial score (nSPS) is 10.5. The molecule has 0 aliphatic carbocycles. The fourth-order valence-corrected chi connectivity index (χ4v) is 3.20. The molecule has 2 rings (SSSR count). The quantitative estimate of drug-likeness (QED) is 0.837. The Bertz CT molecular complexity index is 600. The number of nitrogens with one attached hydrogen (secondary N) is 1. The smallest absolute Gasteiger partial charge is 0.251 e. The van der Waals surface area contributed by atoms with Crippen LogP contribution in [0.5, 0.6) is 0 Å². The predicted molar refractivity (Wildman–Crippen MR) is 81.8 cm³/mol. The summed E-state index contributed by atoms with van der Waals surface area (Å²) in [4.78, 5) is 17.3. The second-order valence-corrected chi connectivity index (χ2v) is 6.24. The minimum absolute atomic E-state index is 0.136. The van der Waals surface area contributed by atoms with Crippen molar-refractivity contribution in [2.24, 2.45) is 0 Å². The molecule has 3 nitrogen and oxygen atoms in total. The molecule has 0 saturated heterocycles. The Hall–Kier alpha value is -0.910. The molecule has 2 heterocycles. The van der Waals surface area contributed by atoms with Crippen LogP contribution in [0.25, 0.3) is 0 Å². The molecule has 0 aliphatic rings. The second-order valence-electron chi connectivity index (χ2n) is 3.94. The molecule has 100 valence electrons. The molecular formula is C13H12BrClN2OS. The lowest BCUT2D eigenvalue weighted by atomic mass is 10.2. The molecule has 1 N–H and O–H groups in total. The first-order valence-corrected chi connectivity index (χ1v) is 7.81. The van der Waals surface area contributed by atoms with E-state index in [9.17, 15) is 4.79 Å². The van der Waals surface area contributed by atoms with Gasteiger partial charge >= 0.3 is 0 Å². The minimum Gasteiger partial charge on any atom is -0.347 e. The summed E-state index contributed by atoms with van der Waals surface area (Å²) in [5, 5.41) is 5.21. The van der Waals surface area contributed by atoms with Crippen molar-refractivity contribution >= 4 is 44.8 Å². The van der Waals surface area contributed by atoms with Crippen molar-refractivity contribution < 1.29 is 4.79 Å². The largest absolute Gasteiger partial charge is 0.347 e. The molecule has 0 unspecified atom stereocenters. The maximum atomic E-state index is 12.0. The van der Waals surface area contributed by atoms with Crippen LogP contribution in [0.3, 0.4) is 0 Å². The molecule has 0 fully saturated rings. The van der Waals surface area contributed by atoms with Crippen molar-refractivity contribution in [1.29, 1.82) is 0 Å². The number of amides is 1. The van der Waals surface area contributed by atoms with Gasteiger partial charge in [0.15, 0.2) is 0 Å². The third-order valence-electron chi connectivity index (χ3n) is 2.52. The van der Waals surface area contributed by atoms with E-state index in [2.05, 4.69) is 26.2 Å². The first-order valence-electron chi connectivity index (χ1n) is 5.76. The van der Waals surface area contributed by atoms with Crippen molar-refractivity contribution in [3.63, 3.8) is 0 Å². The van der Waals surface area contributed by atoms with E-state index in [1.54, 1.807) is 23.5 Å². The molecule has 0 spiro atoms. The van der Waals surface area contributed by atoms with Gasteiger partial charge in [-0.15, -0.1) is 11.3 Å². The fraction of sp³-hybridized carbons (Fsp3) is 0.231. The highest BCUT2D eigenvalue weighted by molar-refractivity contribution is 9.10. The molecule has 2 aromatic rings. The lowest BCUT2D eigenvalue weighted by Crippen LogP contribution is -2.22. The van der Waals surface area contributed by atoms with Crippen LogP contribution in [-0.2, 0) is 13.0 Å². The number of aromatic nitrogens is 1. The topological polar surface area (TPSA) is 42.0 Å². The van der Waals surface area contributed by atoms with E-state index in [4.69, 9.17) is 11.6 Å². The first-order chi connectivity index (χ1) is 9.08. The van der Waals surface area contributed by atoms with Gasteiger partial charge in [0.1, 0.15) is 5.15 Å². The van der Waals surface area contributed by atoms with E-state index in [-0.39, 0.29) is 5.91 Å². The zero-order chi connectivity index (χ0) is 13.8. The average molecular weight is 360 g/mol. The van der Waals surface area contributed by atoms with Gasteiger partial charge in [-0.05, 0) is 40.5 Å². The molecule has 0 aromatic carbocycles. The van der Waals surface area contributed by atoms with Crippen molar-refractivity contribution in [3.8, 4) is 0 Å². The summed E-state index contributed by atoms with van der Waals surface area (Å²) in [5.41, 5.74) is 1.36. The van der Waals surface area contributed by atoms with Crippen LogP contribution in [0, 0.1) is 0 Å². The summed E-state index contributed by atoms with van der Waals surface area (Å²) >= 11 is 10.9. The Morgan fingerprint density at radius 1 is 1.47 bits per heavy atom. The molecule has 0 bridgehead atoms. The zero-order valence-electron chi connectivity index (χ0n) is 10.2. The fourth-order valence-electron chi connectivity index (χ4n) is 1.58. The summed E-state index contributed by atoms with van der Waals surface area (Å²) < 4.78 is 1.03. The van der Waals surface area contributed by atoms with Gasteiger partial charge < -0.3 is 5.32 Å². The number of hydrogen-bond acceptors (Lipinski definition) is 3. The maximum absolute atomic E-state index is 12.0. The number of halogens is 2. The lowest BCUT2D eigenvalue weighted by molar-refractivity contribution is 0.0951. The third-order valence-corrected chi connectivity index (χ3v) is 4.41. The van der Waals surface area contributed by atoms with Crippen molar-refractivity contribution in [3.05, 3.63) is 49.3 Å². The van der Waals surface area contributed by atoms with Crippen LogP contribution in [0.15, 0.2) is 28.1 Å². The lowest BCUT2D eigenvalue weighted by Gasteiger charge is -2.05. The summed E-state index contributed by atoms with van der Waals surface area (Å²) in [5.74, 6) is -0.136. The van der Waals surface area contributed by atoms with E-state index >= 15 is 0 Å². The number of carbonyl (C=O) groups is 1. The molecule has 2 aromatic heterocycles. The summed E-state index contributed by atoms with van der Waals surface area (Å²) in [7, 11) is 0. The van der Waals surface area contributed by atoms with Crippen molar-refractivity contribution in [2.75, 3.05) is 0 Å². The number of aryl methyl sites for hydroxylation is 1. The second kappa shape index (κ2) is 6.50. The van der Waals surface area contributed by atoms with Gasteiger partial charge in [0.05, 0.1) is 6.54 Å². The highest BCUT2D eigenvalue weighted by atomic mass is 79.9. The van der Waals surface area contributed by atoms with Crippen LogP contribution >= 0.6 is 38.9 Å². The summed E-state index contributed by atoms with van der Waals surface area (Å²) in [6.45, 7) is 2.49. The molecule has 0 atom stereocenters.